The Kier molecular flexibility index (Phi) is 3.01. The number of aromatic nitrogens is 3. The SMILES string of the molecule is Nc1nc(Cc2cccnc2)c2cc(Cl)ccc2n1. The first kappa shape index (κ1) is 11.9. The van der Waals surface area contributed by atoms with Crippen molar-refractivity contribution >= 4 is 28.5 Å². The standard InChI is InChI=1S/C14H11ClN4/c15-10-3-4-12-11(7-10)13(19-14(16)18-12)6-9-2-1-5-17-8-9/h1-5,7-8H,6H2,(H2,16,18,19). The van der Waals surface area contributed by atoms with E-state index in [1.54, 1.807) is 12.3 Å². The summed E-state index contributed by atoms with van der Waals surface area (Å²) in [5.74, 6) is 0.272. The third kappa shape index (κ3) is 2.48. The maximum atomic E-state index is 6.03. The molecule has 2 aromatic heterocycles. The molecule has 0 saturated heterocycles. The molecule has 0 unspecified atom stereocenters. The van der Waals surface area contributed by atoms with Crippen LogP contribution in [0.5, 0.6) is 0 Å². The van der Waals surface area contributed by atoms with Crippen LogP contribution in [0.15, 0.2) is 42.7 Å². The average molecular weight is 271 g/mol. The van der Waals surface area contributed by atoms with Crippen LogP contribution in [-0.2, 0) is 6.42 Å². The molecule has 0 atom stereocenters. The van der Waals surface area contributed by atoms with Crippen LogP contribution in [0.25, 0.3) is 10.9 Å². The van der Waals surface area contributed by atoms with Gasteiger partial charge in [-0.05, 0) is 29.8 Å². The van der Waals surface area contributed by atoms with Gasteiger partial charge in [0.25, 0.3) is 0 Å². The van der Waals surface area contributed by atoms with Crippen molar-refractivity contribution in [1.82, 2.24) is 15.0 Å². The number of nitrogen functional groups attached to an aromatic ring is 1. The van der Waals surface area contributed by atoms with E-state index in [1.165, 1.54) is 0 Å². The second kappa shape index (κ2) is 4.82. The number of rotatable bonds is 2. The lowest BCUT2D eigenvalue weighted by Gasteiger charge is -2.07. The van der Waals surface area contributed by atoms with Crippen LogP contribution in [0.1, 0.15) is 11.3 Å². The molecule has 3 aromatic rings. The number of nitrogens with zero attached hydrogens (tertiary/aromatic N) is 3. The molecule has 0 saturated carbocycles. The Morgan fingerprint density at radius 3 is 2.84 bits per heavy atom. The number of halogens is 1. The van der Waals surface area contributed by atoms with Crippen molar-refractivity contribution in [3.63, 3.8) is 0 Å². The predicted octanol–water partition coefficient (Wildman–Crippen LogP) is 2.85. The molecule has 5 heteroatoms. The molecule has 94 valence electrons. The fourth-order valence-corrected chi connectivity index (χ4v) is 2.19. The number of hydrogen-bond acceptors (Lipinski definition) is 4. The number of benzene rings is 1. The van der Waals surface area contributed by atoms with Crippen LogP contribution in [0, 0.1) is 0 Å². The van der Waals surface area contributed by atoms with Crippen LogP contribution in [0.3, 0.4) is 0 Å². The highest BCUT2D eigenvalue weighted by Crippen LogP contribution is 2.23. The minimum absolute atomic E-state index is 0.272. The average Bonchev–Trinajstić information content (AvgIpc) is 2.41. The van der Waals surface area contributed by atoms with Crippen molar-refractivity contribution in [2.75, 3.05) is 5.73 Å². The van der Waals surface area contributed by atoms with E-state index in [-0.39, 0.29) is 5.95 Å². The smallest absolute Gasteiger partial charge is 0.220 e. The minimum atomic E-state index is 0.272. The summed E-state index contributed by atoms with van der Waals surface area (Å²) in [5.41, 5.74) is 8.48. The van der Waals surface area contributed by atoms with Gasteiger partial charge in [-0.3, -0.25) is 4.98 Å². The molecule has 0 aliphatic carbocycles. The minimum Gasteiger partial charge on any atom is -0.368 e. The van der Waals surface area contributed by atoms with Crippen molar-refractivity contribution in [2.24, 2.45) is 0 Å². The molecular weight excluding hydrogens is 260 g/mol. The van der Waals surface area contributed by atoms with Crippen LogP contribution in [0.4, 0.5) is 5.95 Å². The van der Waals surface area contributed by atoms with E-state index >= 15 is 0 Å². The van der Waals surface area contributed by atoms with E-state index in [9.17, 15) is 0 Å². The second-order valence-electron chi connectivity index (χ2n) is 4.23. The van der Waals surface area contributed by atoms with E-state index in [4.69, 9.17) is 17.3 Å². The molecule has 0 aliphatic heterocycles. The topological polar surface area (TPSA) is 64.7 Å². The van der Waals surface area contributed by atoms with Gasteiger partial charge in [0.15, 0.2) is 0 Å². The van der Waals surface area contributed by atoms with Gasteiger partial charge in [0, 0.05) is 29.2 Å². The first-order valence-electron chi connectivity index (χ1n) is 5.83. The first-order chi connectivity index (χ1) is 9.22. The van der Waals surface area contributed by atoms with Crippen molar-refractivity contribution < 1.29 is 0 Å². The van der Waals surface area contributed by atoms with Crippen molar-refractivity contribution in [3.05, 3.63) is 59.0 Å². The molecule has 4 nitrogen and oxygen atoms in total. The molecular formula is C14H11ClN4. The van der Waals surface area contributed by atoms with Gasteiger partial charge in [-0.1, -0.05) is 17.7 Å². The predicted molar refractivity (Wildman–Crippen MR) is 76.0 cm³/mol. The van der Waals surface area contributed by atoms with Gasteiger partial charge >= 0.3 is 0 Å². The number of anilines is 1. The van der Waals surface area contributed by atoms with E-state index in [0.29, 0.717) is 11.4 Å². The van der Waals surface area contributed by atoms with Gasteiger partial charge in [0.2, 0.25) is 5.95 Å². The number of pyridine rings is 1. The molecule has 0 spiro atoms. The molecule has 0 fully saturated rings. The van der Waals surface area contributed by atoms with Gasteiger partial charge in [-0.2, -0.15) is 0 Å². The summed E-state index contributed by atoms with van der Waals surface area (Å²) in [7, 11) is 0. The normalized spacial score (nSPS) is 10.8. The highest BCUT2D eigenvalue weighted by atomic mass is 35.5. The second-order valence-corrected chi connectivity index (χ2v) is 4.66. The molecule has 0 aliphatic rings. The van der Waals surface area contributed by atoms with Crippen molar-refractivity contribution in [3.8, 4) is 0 Å². The third-order valence-electron chi connectivity index (χ3n) is 2.85. The molecule has 19 heavy (non-hydrogen) atoms. The summed E-state index contributed by atoms with van der Waals surface area (Å²) in [6.07, 6.45) is 4.21. The van der Waals surface area contributed by atoms with Crippen molar-refractivity contribution in [2.45, 2.75) is 6.42 Å². The zero-order valence-corrected chi connectivity index (χ0v) is 10.8. The van der Waals surface area contributed by atoms with Gasteiger partial charge in [-0.15, -0.1) is 0 Å². The zero-order valence-electron chi connectivity index (χ0n) is 10.0. The fourth-order valence-electron chi connectivity index (χ4n) is 2.01. The number of fused-ring (bicyclic) bond motifs is 1. The van der Waals surface area contributed by atoms with Crippen molar-refractivity contribution in [1.29, 1.82) is 0 Å². The summed E-state index contributed by atoms with van der Waals surface area (Å²) in [6.45, 7) is 0. The van der Waals surface area contributed by atoms with Crippen LogP contribution in [-0.4, -0.2) is 15.0 Å². The van der Waals surface area contributed by atoms with Gasteiger partial charge in [-0.25, -0.2) is 9.97 Å². The Morgan fingerprint density at radius 2 is 2.05 bits per heavy atom. The number of hydrogen-bond donors (Lipinski definition) is 1. The highest BCUT2D eigenvalue weighted by Gasteiger charge is 2.08. The quantitative estimate of drug-likeness (QED) is 0.778. The van der Waals surface area contributed by atoms with E-state index in [1.807, 2.05) is 30.5 Å². The Balaban J connectivity index is 2.14. The molecule has 3 rings (SSSR count). The summed E-state index contributed by atoms with van der Waals surface area (Å²) in [5, 5.41) is 1.58. The molecule has 2 N–H and O–H groups in total. The third-order valence-corrected chi connectivity index (χ3v) is 3.08. The molecule has 0 radical (unpaired) electrons. The molecule has 2 heterocycles. The van der Waals surface area contributed by atoms with Gasteiger partial charge in [0.05, 0.1) is 11.2 Å². The van der Waals surface area contributed by atoms with Crippen LogP contribution in [0.2, 0.25) is 5.02 Å². The monoisotopic (exact) mass is 270 g/mol. The van der Waals surface area contributed by atoms with Crippen LogP contribution >= 0.6 is 11.6 Å². The largest absolute Gasteiger partial charge is 0.368 e. The molecule has 1 aromatic carbocycles. The Morgan fingerprint density at radius 1 is 1.16 bits per heavy atom. The summed E-state index contributed by atoms with van der Waals surface area (Å²) in [6, 6.07) is 9.41. The Labute approximate surface area is 115 Å². The first-order valence-corrected chi connectivity index (χ1v) is 6.21. The Bertz CT molecular complexity index is 728. The lowest BCUT2D eigenvalue weighted by atomic mass is 10.1. The highest BCUT2D eigenvalue weighted by molar-refractivity contribution is 6.31. The summed E-state index contributed by atoms with van der Waals surface area (Å²) in [4.78, 5) is 12.6. The van der Waals surface area contributed by atoms with E-state index in [2.05, 4.69) is 15.0 Å². The van der Waals surface area contributed by atoms with Crippen LogP contribution < -0.4 is 5.73 Å². The maximum absolute atomic E-state index is 6.03. The van der Waals surface area contributed by atoms with E-state index in [0.717, 1.165) is 22.2 Å². The Hall–Kier alpha value is -2.20. The van der Waals surface area contributed by atoms with Gasteiger partial charge < -0.3 is 5.73 Å². The fraction of sp³-hybridized carbons (Fsp3) is 0.0714. The summed E-state index contributed by atoms with van der Waals surface area (Å²) >= 11 is 6.03. The maximum Gasteiger partial charge on any atom is 0.220 e. The molecule has 0 bridgehead atoms. The number of nitrogens with two attached hydrogens (primary N) is 1. The summed E-state index contributed by atoms with van der Waals surface area (Å²) < 4.78 is 0. The van der Waals surface area contributed by atoms with E-state index < -0.39 is 0 Å². The lowest BCUT2D eigenvalue weighted by molar-refractivity contribution is 1.06. The molecule has 0 amide bonds. The van der Waals surface area contributed by atoms with Gasteiger partial charge in [0.1, 0.15) is 0 Å². The lowest BCUT2D eigenvalue weighted by Crippen LogP contribution is -2.01. The zero-order chi connectivity index (χ0) is 13.2.